The van der Waals surface area contributed by atoms with Gasteiger partial charge in [0.15, 0.2) is 0 Å². The van der Waals surface area contributed by atoms with Gasteiger partial charge in [0, 0.05) is 49.0 Å². The Morgan fingerprint density at radius 3 is 2.37 bits per heavy atom. The fraction of sp³-hybridized carbons (Fsp3) is 0.259. The normalized spacial score (nSPS) is 14.4. The molecule has 35 heavy (non-hydrogen) atoms. The van der Waals surface area contributed by atoms with Crippen molar-refractivity contribution in [2.45, 2.75) is 18.9 Å². The highest BCUT2D eigenvalue weighted by Crippen LogP contribution is 2.23. The number of carbonyl (C=O) groups excluding carboxylic acids is 2. The molecule has 0 aliphatic carbocycles. The summed E-state index contributed by atoms with van der Waals surface area (Å²) in [7, 11) is 0. The molecule has 2 aromatic carbocycles. The van der Waals surface area contributed by atoms with Crippen molar-refractivity contribution in [1.29, 1.82) is 5.26 Å². The van der Waals surface area contributed by atoms with Gasteiger partial charge in [-0.2, -0.15) is 5.26 Å². The van der Waals surface area contributed by atoms with Crippen molar-refractivity contribution in [3.8, 4) is 6.07 Å². The van der Waals surface area contributed by atoms with E-state index in [1.165, 1.54) is 0 Å². The third-order valence-electron chi connectivity index (χ3n) is 6.03. The summed E-state index contributed by atoms with van der Waals surface area (Å²) in [6.45, 7) is 2.35. The van der Waals surface area contributed by atoms with Crippen molar-refractivity contribution in [2.75, 3.05) is 29.9 Å². The van der Waals surface area contributed by atoms with E-state index in [0.29, 0.717) is 29.3 Å². The lowest BCUT2D eigenvalue weighted by Crippen LogP contribution is -2.40. The third-order valence-corrected chi connectivity index (χ3v) is 6.03. The molecule has 1 aromatic heterocycles. The molecule has 1 aliphatic rings. The van der Waals surface area contributed by atoms with Gasteiger partial charge in [0.25, 0.3) is 5.91 Å². The van der Waals surface area contributed by atoms with Crippen molar-refractivity contribution < 1.29 is 14.3 Å². The zero-order valence-corrected chi connectivity index (χ0v) is 19.3. The van der Waals surface area contributed by atoms with Gasteiger partial charge in [-0.1, -0.05) is 30.3 Å². The second kappa shape index (κ2) is 11.7. The van der Waals surface area contributed by atoms with Gasteiger partial charge in [0.1, 0.15) is 0 Å². The number of nitrogens with zero attached hydrogens (tertiary/aromatic N) is 3. The number of nitriles is 1. The summed E-state index contributed by atoms with van der Waals surface area (Å²) in [6.07, 6.45) is 3.68. The summed E-state index contributed by atoms with van der Waals surface area (Å²) in [5.74, 6) is -0.0105. The van der Waals surface area contributed by atoms with Crippen molar-refractivity contribution in [3.05, 3.63) is 90.3 Å². The first-order chi connectivity index (χ1) is 17.1. The molecule has 8 nitrogen and oxygen atoms in total. The van der Waals surface area contributed by atoms with E-state index in [2.05, 4.69) is 20.5 Å². The average Bonchev–Trinajstić information content (AvgIpc) is 2.92. The Hall–Kier alpha value is -4.38. The lowest BCUT2D eigenvalue weighted by molar-refractivity contribution is -0.129. The van der Waals surface area contributed by atoms with E-state index in [1.807, 2.05) is 24.3 Å². The molecule has 0 saturated carbocycles. The molecule has 2 N–H and O–H groups in total. The van der Waals surface area contributed by atoms with Gasteiger partial charge in [-0.15, -0.1) is 0 Å². The predicted molar refractivity (Wildman–Crippen MR) is 133 cm³/mol. The molecule has 2 amide bonds. The minimum Gasteiger partial charge on any atom is -0.431 e. The van der Waals surface area contributed by atoms with Crippen molar-refractivity contribution in [1.82, 2.24) is 10.3 Å². The summed E-state index contributed by atoms with van der Waals surface area (Å²) in [5, 5.41) is 14.5. The number of rotatable bonds is 7. The summed E-state index contributed by atoms with van der Waals surface area (Å²) >= 11 is 0. The van der Waals surface area contributed by atoms with Crippen LogP contribution in [0.4, 0.5) is 16.2 Å². The fourth-order valence-corrected chi connectivity index (χ4v) is 4.07. The molecule has 0 radical (unpaired) electrons. The second-order valence-corrected chi connectivity index (χ2v) is 8.39. The number of ether oxygens (including phenoxy) is 1. The zero-order chi connectivity index (χ0) is 24.5. The first kappa shape index (κ1) is 23.8. The Labute approximate surface area is 204 Å². The van der Waals surface area contributed by atoms with Crippen molar-refractivity contribution in [3.63, 3.8) is 0 Å². The lowest BCUT2D eigenvalue weighted by atomic mass is 9.96. The van der Waals surface area contributed by atoms with E-state index in [0.717, 1.165) is 31.6 Å². The number of carbonyl (C=O) groups is 2. The molecule has 178 valence electrons. The first-order valence-corrected chi connectivity index (χ1v) is 11.6. The summed E-state index contributed by atoms with van der Waals surface area (Å²) < 4.78 is 5.53. The highest BCUT2D eigenvalue weighted by atomic mass is 16.6. The van der Waals surface area contributed by atoms with E-state index < -0.39 is 12.2 Å². The number of nitrogens with one attached hydrogen (secondary N) is 2. The number of amides is 2. The van der Waals surface area contributed by atoms with Crippen molar-refractivity contribution >= 4 is 23.4 Å². The summed E-state index contributed by atoms with van der Waals surface area (Å²) in [5.41, 5.74) is 2.71. The molecule has 3 aromatic rings. The van der Waals surface area contributed by atoms with Crippen LogP contribution >= 0.6 is 0 Å². The Morgan fingerprint density at radius 1 is 1.03 bits per heavy atom. The van der Waals surface area contributed by atoms with E-state index >= 15 is 0 Å². The molecule has 0 bridgehead atoms. The standard InChI is InChI=1S/C27H27N5O3/c28-18-20-6-8-23(9-7-20)31-27(34)35-25(22-4-2-1-3-5-22)26(33)30-19-21-12-16-32(17-13-21)24-10-14-29-15-11-24/h1-11,14-15,21,25H,12-13,16-17,19H2,(H,30,33)(H,31,34). The topological polar surface area (TPSA) is 107 Å². The smallest absolute Gasteiger partial charge is 0.412 e. The SMILES string of the molecule is N#Cc1ccc(NC(=O)OC(C(=O)NCC2CCN(c3ccncc3)CC2)c2ccccc2)cc1. The van der Waals surface area contributed by atoms with Crippen LogP contribution in [-0.2, 0) is 9.53 Å². The maximum atomic E-state index is 13.1. The Bertz CT molecular complexity index is 1150. The Kier molecular flexibility index (Phi) is 7.92. The van der Waals surface area contributed by atoms with E-state index in [4.69, 9.17) is 10.00 Å². The molecule has 1 saturated heterocycles. The Morgan fingerprint density at radius 2 is 1.71 bits per heavy atom. The molecular formula is C27H27N5O3. The number of anilines is 2. The lowest BCUT2D eigenvalue weighted by Gasteiger charge is -2.33. The van der Waals surface area contributed by atoms with Crippen LogP contribution in [0.5, 0.6) is 0 Å². The van der Waals surface area contributed by atoms with Crippen LogP contribution in [0.3, 0.4) is 0 Å². The van der Waals surface area contributed by atoms with E-state index in [9.17, 15) is 9.59 Å². The molecule has 0 spiro atoms. The van der Waals surface area contributed by atoms with Gasteiger partial charge in [-0.3, -0.25) is 15.1 Å². The number of benzene rings is 2. The minimum absolute atomic E-state index is 0.348. The number of hydrogen-bond donors (Lipinski definition) is 2. The van der Waals surface area contributed by atoms with Crippen LogP contribution in [-0.4, -0.2) is 36.6 Å². The van der Waals surface area contributed by atoms with Gasteiger partial charge in [-0.05, 0) is 55.2 Å². The number of hydrogen-bond acceptors (Lipinski definition) is 6. The molecule has 2 heterocycles. The van der Waals surface area contributed by atoms with Gasteiger partial charge in [-0.25, -0.2) is 4.79 Å². The molecule has 4 rings (SSSR count). The first-order valence-electron chi connectivity index (χ1n) is 11.6. The zero-order valence-electron chi connectivity index (χ0n) is 19.3. The average molecular weight is 470 g/mol. The van der Waals surface area contributed by atoms with Crippen LogP contribution in [0.15, 0.2) is 79.1 Å². The third kappa shape index (κ3) is 6.58. The summed E-state index contributed by atoms with van der Waals surface area (Å²) in [4.78, 5) is 32.0. The quantitative estimate of drug-likeness (QED) is 0.535. The van der Waals surface area contributed by atoms with Crippen LogP contribution in [0, 0.1) is 17.2 Å². The van der Waals surface area contributed by atoms with Crippen molar-refractivity contribution in [2.24, 2.45) is 5.92 Å². The monoisotopic (exact) mass is 469 g/mol. The van der Waals surface area contributed by atoms with Gasteiger partial charge in [0.2, 0.25) is 6.10 Å². The van der Waals surface area contributed by atoms with E-state index in [1.54, 1.807) is 60.9 Å². The van der Waals surface area contributed by atoms with Gasteiger partial charge >= 0.3 is 6.09 Å². The maximum absolute atomic E-state index is 13.1. The largest absolute Gasteiger partial charge is 0.431 e. The highest BCUT2D eigenvalue weighted by molar-refractivity contribution is 5.89. The molecule has 1 fully saturated rings. The minimum atomic E-state index is -1.08. The van der Waals surface area contributed by atoms with Gasteiger partial charge in [0.05, 0.1) is 11.6 Å². The van der Waals surface area contributed by atoms with Crippen LogP contribution in [0.2, 0.25) is 0 Å². The Balaban J connectivity index is 1.33. The van der Waals surface area contributed by atoms with Crippen LogP contribution < -0.4 is 15.5 Å². The molecule has 1 atom stereocenters. The van der Waals surface area contributed by atoms with E-state index in [-0.39, 0.29) is 5.91 Å². The molecular weight excluding hydrogens is 442 g/mol. The predicted octanol–water partition coefficient (Wildman–Crippen LogP) is 4.28. The van der Waals surface area contributed by atoms with Gasteiger partial charge < -0.3 is 15.0 Å². The fourth-order valence-electron chi connectivity index (χ4n) is 4.07. The number of piperidine rings is 1. The molecule has 1 unspecified atom stereocenters. The molecule has 8 heteroatoms. The second-order valence-electron chi connectivity index (χ2n) is 8.39. The number of pyridine rings is 1. The number of aromatic nitrogens is 1. The van der Waals surface area contributed by atoms with Crippen LogP contribution in [0.1, 0.15) is 30.1 Å². The highest BCUT2D eigenvalue weighted by Gasteiger charge is 2.27. The summed E-state index contributed by atoms with van der Waals surface area (Å²) in [6, 6.07) is 21.4. The maximum Gasteiger partial charge on any atom is 0.412 e. The molecule has 1 aliphatic heterocycles. The van der Waals surface area contributed by atoms with Crippen LogP contribution in [0.25, 0.3) is 0 Å².